The van der Waals surface area contributed by atoms with Crippen molar-refractivity contribution < 1.29 is 19.4 Å². The summed E-state index contributed by atoms with van der Waals surface area (Å²) in [6.07, 6.45) is 6.16. The fourth-order valence-electron chi connectivity index (χ4n) is 7.30. The minimum absolute atomic E-state index is 0.182. The lowest BCUT2D eigenvalue weighted by atomic mass is 9.43. The van der Waals surface area contributed by atoms with Crippen LogP contribution < -0.4 is 0 Å². The van der Waals surface area contributed by atoms with Crippen molar-refractivity contribution in [2.75, 3.05) is 0 Å². The fourth-order valence-corrected chi connectivity index (χ4v) is 7.84. The van der Waals surface area contributed by atoms with Gasteiger partial charge in [0.2, 0.25) is 0 Å². The molecule has 146 valence electrons. The highest BCUT2D eigenvalue weighted by Gasteiger charge is 2.67. The predicted molar refractivity (Wildman–Crippen MR) is 98.8 cm³/mol. The van der Waals surface area contributed by atoms with Crippen molar-refractivity contribution in [1.29, 1.82) is 0 Å². The van der Waals surface area contributed by atoms with Crippen molar-refractivity contribution in [2.24, 2.45) is 28.6 Å². The molecule has 0 aromatic carbocycles. The number of ketones is 1. The smallest absolute Gasteiger partial charge is 0.302 e. The number of ether oxygens (including phenoxy) is 1. The van der Waals surface area contributed by atoms with Gasteiger partial charge in [-0.05, 0) is 56.3 Å². The summed E-state index contributed by atoms with van der Waals surface area (Å²) in [7, 11) is 0. The Hall–Kier alpha value is -0.610. The van der Waals surface area contributed by atoms with E-state index in [1.807, 2.05) is 0 Å². The lowest BCUT2D eigenvalue weighted by Crippen LogP contribution is -2.67. The third-order valence-electron chi connectivity index (χ3n) is 8.81. The van der Waals surface area contributed by atoms with Gasteiger partial charge in [-0.25, -0.2) is 0 Å². The van der Waals surface area contributed by atoms with Crippen LogP contribution in [0.3, 0.4) is 0 Å². The average Bonchev–Trinajstić information content (AvgIpc) is 2.86. The van der Waals surface area contributed by atoms with Gasteiger partial charge in [-0.15, -0.1) is 11.6 Å². The van der Waals surface area contributed by atoms with E-state index < -0.39 is 5.60 Å². The lowest BCUT2D eigenvalue weighted by Gasteiger charge is -2.64. The molecule has 1 N–H and O–H groups in total. The van der Waals surface area contributed by atoms with E-state index in [0.717, 1.165) is 38.5 Å². The van der Waals surface area contributed by atoms with Crippen LogP contribution in [0.1, 0.15) is 72.1 Å². The van der Waals surface area contributed by atoms with Gasteiger partial charge in [0.15, 0.2) is 0 Å². The maximum atomic E-state index is 12.5. The second-order valence-electron chi connectivity index (χ2n) is 9.81. The first-order valence-electron chi connectivity index (χ1n) is 10.2. The van der Waals surface area contributed by atoms with Gasteiger partial charge in [0.25, 0.3) is 0 Å². The molecule has 4 fully saturated rings. The van der Waals surface area contributed by atoms with Gasteiger partial charge in [0.05, 0.1) is 11.0 Å². The molecule has 0 aromatic rings. The summed E-state index contributed by atoms with van der Waals surface area (Å²) in [5, 5.41) is 11.4. The number of hydrogen-bond acceptors (Lipinski definition) is 4. The van der Waals surface area contributed by atoms with Crippen molar-refractivity contribution in [1.82, 2.24) is 0 Å². The van der Waals surface area contributed by atoms with Crippen LogP contribution in [-0.4, -0.2) is 33.9 Å². The van der Waals surface area contributed by atoms with Crippen LogP contribution in [0.2, 0.25) is 0 Å². The minimum atomic E-state index is -1.01. The van der Waals surface area contributed by atoms with Crippen molar-refractivity contribution in [3.8, 4) is 0 Å². The molecule has 0 aromatic heterocycles. The molecule has 4 nitrogen and oxygen atoms in total. The van der Waals surface area contributed by atoms with E-state index >= 15 is 0 Å². The molecule has 26 heavy (non-hydrogen) atoms. The van der Waals surface area contributed by atoms with E-state index in [1.54, 1.807) is 0 Å². The van der Waals surface area contributed by atoms with E-state index in [9.17, 15) is 14.7 Å². The Bertz CT molecular complexity index is 636. The van der Waals surface area contributed by atoms with Crippen molar-refractivity contribution in [2.45, 2.75) is 89.2 Å². The van der Waals surface area contributed by atoms with Gasteiger partial charge in [0.1, 0.15) is 11.9 Å². The molecule has 4 aliphatic rings. The highest BCUT2D eigenvalue weighted by Crippen LogP contribution is 2.67. The van der Waals surface area contributed by atoms with Crippen molar-refractivity contribution in [3.63, 3.8) is 0 Å². The molecule has 0 amide bonds. The molecule has 4 saturated carbocycles. The van der Waals surface area contributed by atoms with Gasteiger partial charge >= 0.3 is 5.97 Å². The molecule has 8 atom stereocenters. The number of Topliss-reactive ketones (excluding diaryl/α,β-unsaturated/α-hetero) is 1. The zero-order valence-corrected chi connectivity index (χ0v) is 16.8. The third kappa shape index (κ3) is 2.37. The summed E-state index contributed by atoms with van der Waals surface area (Å²) >= 11 is 6.84. The Morgan fingerprint density at radius 2 is 1.92 bits per heavy atom. The third-order valence-corrected chi connectivity index (χ3v) is 9.35. The second-order valence-corrected chi connectivity index (χ2v) is 10.3. The van der Waals surface area contributed by atoms with E-state index in [2.05, 4.69) is 13.8 Å². The quantitative estimate of drug-likeness (QED) is 0.552. The Kier molecular flexibility index (Phi) is 4.28. The number of rotatable bonds is 1. The van der Waals surface area contributed by atoms with Gasteiger partial charge < -0.3 is 9.84 Å². The van der Waals surface area contributed by atoms with E-state index in [1.165, 1.54) is 6.92 Å². The number of alkyl halides is 1. The van der Waals surface area contributed by atoms with Gasteiger partial charge in [-0.3, -0.25) is 9.59 Å². The van der Waals surface area contributed by atoms with Crippen LogP contribution >= 0.6 is 11.6 Å². The van der Waals surface area contributed by atoms with Gasteiger partial charge in [0, 0.05) is 30.6 Å². The zero-order chi connectivity index (χ0) is 18.9. The highest BCUT2D eigenvalue weighted by atomic mass is 35.5. The van der Waals surface area contributed by atoms with Crippen LogP contribution in [0.4, 0.5) is 0 Å². The van der Waals surface area contributed by atoms with Crippen LogP contribution in [-0.2, 0) is 14.3 Å². The minimum Gasteiger partial charge on any atom is -0.462 e. The Labute approximate surface area is 161 Å². The molecule has 4 aliphatic carbocycles. The maximum Gasteiger partial charge on any atom is 0.302 e. The summed E-state index contributed by atoms with van der Waals surface area (Å²) in [6.45, 7) is 5.78. The first-order chi connectivity index (χ1) is 12.1. The standard InChI is InChI=1S/C21H31ClO4/c1-12(23)26-13-6-9-20(3)16-7-8-19(2)15(4-5-18(19)24)14(16)10-17(22)21(20,25)11-13/h13-17,25H,4-11H2,1-3H3/t13-,14+,15+,16+,17+,19+,20-,21+/m1/s1. The summed E-state index contributed by atoms with van der Waals surface area (Å²) < 4.78 is 5.43. The SMILES string of the molecule is CC(=O)O[C@@H]1CC[C@]2(C)[C@H]3CC[C@]4(C)C(=O)CC[C@H]4[C@@H]3C[C@H](Cl)[C@@]2(O)C1. The Morgan fingerprint density at radius 1 is 1.19 bits per heavy atom. The molecule has 0 unspecified atom stereocenters. The highest BCUT2D eigenvalue weighted by molar-refractivity contribution is 6.21. The monoisotopic (exact) mass is 382 g/mol. The number of aliphatic hydroxyl groups is 1. The molecule has 4 rings (SSSR count). The molecule has 0 spiro atoms. The molecule has 0 aliphatic heterocycles. The van der Waals surface area contributed by atoms with Crippen LogP contribution in [0.25, 0.3) is 0 Å². The van der Waals surface area contributed by atoms with E-state index in [-0.39, 0.29) is 28.3 Å². The first-order valence-corrected chi connectivity index (χ1v) is 10.6. The number of esters is 1. The zero-order valence-electron chi connectivity index (χ0n) is 16.1. The van der Waals surface area contributed by atoms with Crippen LogP contribution in [0.15, 0.2) is 0 Å². The van der Waals surface area contributed by atoms with Gasteiger partial charge in [-0.2, -0.15) is 0 Å². The summed E-state index contributed by atoms with van der Waals surface area (Å²) in [4.78, 5) is 23.9. The number of carbonyl (C=O) groups is 2. The van der Waals surface area contributed by atoms with Gasteiger partial charge in [-0.1, -0.05) is 13.8 Å². The molecule has 0 heterocycles. The largest absolute Gasteiger partial charge is 0.462 e. The van der Waals surface area contributed by atoms with Crippen molar-refractivity contribution in [3.05, 3.63) is 0 Å². The Morgan fingerprint density at radius 3 is 2.62 bits per heavy atom. The lowest BCUT2D eigenvalue weighted by molar-refractivity contribution is -0.219. The first kappa shape index (κ1) is 18.7. The van der Waals surface area contributed by atoms with E-state index in [0.29, 0.717) is 36.4 Å². The fraction of sp³-hybridized carbons (Fsp3) is 0.905. The molecular formula is C21H31ClO4. The number of halogens is 1. The summed E-state index contributed by atoms with van der Waals surface area (Å²) in [5.41, 5.74) is -1.46. The normalized spacial score (nSPS) is 53.4. The predicted octanol–water partition coefficient (Wildman–Crippen LogP) is 3.86. The summed E-state index contributed by atoms with van der Waals surface area (Å²) in [6, 6.07) is 0. The van der Waals surface area contributed by atoms with Crippen LogP contribution in [0, 0.1) is 28.6 Å². The molecule has 5 heteroatoms. The van der Waals surface area contributed by atoms with Crippen LogP contribution in [0.5, 0.6) is 0 Å². The maximum absolute atomic E-state index is 12.5. The molecular weight excluding hydrogens is 352 g/mol. The van der Waals surface area contributed by atoms with Crippen molar-refractivity contribution >= 4 is 23.4 Å². The number of hydrogen-bond donors (Lipinski definition) is 1. The average molecular weight is 383 g/mol. The Balaban J connectivity index is 1.65. The molecule has 0 saturated heterocycles. The molecule has 0 bridgehead atoms. The topological polar surface area (TPSA) is 63.6 Å². The number of fused-ring (bicyclic) bond motifs is 5. The second kappa shape index (κ2) is 5.94. The van der Waals surface area contributed by atoms with E-state index in [4.69, 9.17) is 16.3 Å². The summed E-state index contributed by atoms with van der Waals surface area (Å²) in [5.74, 6) is 1.35. The molecule has 0 radical (unpaired) electrons. The number of carbonyl (C=O) groups excluding carboxylic acids is 2.